The van der Waals surface area contributed by atoms with E-state index in [1.807, 2.05) is 4.98 Å². The predicted molar refractivity (Wildman–Crippen MR) is 79.2 cm³/mol. The van der Waals surface area contributed by atoms with Gasteiger partial charge in [0.05, 0.1) is 0 Å². The number of aromatic nitrogens is 2. The lowest BCUT2D eigenvalue weighted by molar-refractivity contribution is -0.119. The number of benzene rings is 1. The molecule has 0 aliphatic carbocycles. The van der Waals surface area contributed by atoms with Gasteiger partial charge in [-0.2, -0.15) is 0 Å². The van der Waals surface area contributed by atoms with Crippen molar-refractivity contribution in [3.8, 4) is 11.5 Å². The molecule has 1 aliphatic rings. The summed E-state index contributed by atoms with van der Waals surface area (Å²) in [5.74, 6) is -0.544. The van der Waals surface area contributed by atoms with Crippen molar-refractivity contribution in [2.24, 2.45) is 0 Å². The number of hydrogen-bond donors (Lipinski definition) is 3. The first-order valence-corrected chi connectivity index (χ1v) is 6.71. The number of aromatic amines is 2. The zero-order valence-corrected chi connectivity index (χ0v) is 12.1. The maximum atomic E-state index is 11.8. The lowest BCUT2D eigenvalue weighted by Crippen LogP contribution is -2.27. The minimum Gasteiger partial charge on any atom is -0.454 e. The Hall–Kier alpha value is -3.56. The van der Waals surface area contributed by atoms with Gasteiger partial charge < -0.3 is 24.5 Å². The number of hydrogen-bond acceptors (Lipinski definition) is 7. The summed E-state index contributed by atoms with van der Waals surface area (Å²) in [6.45, 7) is -0.485. The Morgan fingerprint density at radius 2 is 1.92 bits per heavy atom. The summed E-state index contributed by atoms with van der Waals surface area (Å²) in [7, 11) is 0. The third-order valence-electron chi connectivity index (χ3n) is 2.97. The molecule has 0 radical (unpaired) electrons. The number of rotatable bonds is 4. The topological polar surface area (TPSA) is 140 Å². The zero-order chi connectivity index (χ0) is 17.1. The maximum Gasteiger partial charge on any atom is 0.355 e. The van der Waals surface area contributed by atoms with E-state index in [1.54, 1.807) is 18.2 Å². The van der Waals surface area contributed by atoms with Crippen LogP contribution in [0.4, 0.5) is 5.69 Å². The van der Waals surface area contributed by atoms with Gasteiger partial charge in [-0.3, -0.25) is 14.6 Å². The highest BCUT2D eigenvalue weighted by Gasteiger charge is 2.15. The van der Waals surface area contributed by atoms with E-state index in [9.17, 15) is 19.2 Å². The van der Waals surface area contributed by atoms with Crippen LogP contribution in [0.15, 0.2) is 33.9 Å². The fraction of sp³-hybridized carbons (Fsp3) is 0.143. The number of amides is 1. The molecule has 124 valence electrons. The standard InChI is InChI=1S/C14H11N3O7/c18-11-4-8(16-14(21)17-11)13(20)22-5-12(19)15-7-1-2-9-10(3-7)24-6-23-9/h1-4H,5-6H2,(H,15,19)(H2,16,17,18,21). The molecule has 10 nitrogen and oxygen atoms in total. The van der Waals surface area contributed by atoms with Gasteiger partial charge >= 0.3 is 11.7 Å². The van der Waals surface area contributed by atoms with E-state index in [2.05, 4.69) is 10.3 Å². The van der Waals surface area contributed by atoms with Crippen molar-refractivity contribution in [1.29, 1.82) is 0 Å². The van der Waals surface area contributed by atoms with E-state index in [0.717, 1.165) is 6.07 Å². The van der Waals surface area contributed by atoms with Crippen molar-refractivity contribution in [1.82, 2.24) is 9.97 Å². The Kier molecular flexibility index (Phi) is 4.01. The van der Waals surface area contributed by atoms with Gasteiger partial charge in [0.25, 0.3) is 11.5 Å². The van der Waals surface area contributed by atoms with Crippen molar-refractivity contribution in [3.05, 3.63) is 50.8 Å². The Balaban J connectivity index is 1.58. The highest BCUT2D eigenvalue weighted by Crippen LogP contribution is 2.34. The predicted octanol–water partition coefficient (Wildman–Crippen LogP) is -0.413. The molecular formula is C14H11N3O7. The molecule has 0 spiro atoms. The maximum absolute atomic E-state index is 11.8. The quantitative estimate of drug-likeness (QED) is 0.646. The third-order valence-corrected chi connectivity index (χ3v) is 2.97. The molecule has 0 bridgehead atoms. The van der Waals surface area contributed by atoms with Gasteiger partial charge in [-0.1, -0.05) is 0 Å². The lowest BCUT2D eigenvalue weighted by atomic mass is 10.3. The van der Waals surface area contributed by atoms with Gasteiger partial charge in [-0.05, 0) is 12.1 Å². The fourth-order valence-corrected chi connectivity index (χ4v) is 1.96. The van der Waals surface area contributed by atoms with Crippen LogP contribution in [0.5, 0.6) is 11.5 Å². The average molecular weight is 333 g/mol. The Morgan fingerprint density at radius 3 is 2.71 bits per heavy atom. The molecule has 1 aromatic heterocycles. The Bertz CT molecular complexity index is 887. The lowest BCUT2D eigenvalue weighted by Gasteiger charge is -2.07. The molecule has 3 rings (SSSR count). The number of carbonyl (C=O) groups is 2. The second-order valence-electron chi connectivity index (χ2n) is 4.69. The van der Waals surface area contributed by atoms with Crippen LogP contribution < -0.4 is 26.0 Å². The summed E-state index contributed by atoms with van der Waals surface area (Å²) in [6, 6.07) is 5.65. The van der Waals surface area contributed by atoms with Crippen molar-refractivity contribution < 1.29 is 23.8 Å². The molecule has 3 N–H and O–H groups in total. The Labute approximate surface area is 133 Å². The second-order valence-corrected chi connectivity index (χ2v) is 4.69. The molecule has 1 aromatic carbocycles. The normalized spacial score (nSPS) is 11.8. The number of esters is 1. The van der Waals surface area contributed by atoms with E-state index in [-0.39, 0.29) is 12.5 Å². The van der Waals surface area contributed by atoms with Gasteiger partial charge in [-0.15, -0.1) is 0 Å². The van der Waals surface area contributed by atoms with Gasteiger partial charge in [0.1, 0.15) is 5.69 Å². The summed E-state index contributed by atoms with van der Waals surface area (Å²) in [5.41, 5.74) is -1.51. The van der Waals surface area contributed by atoms with E-state index in [4.69, 9.17) is 14.2 Å². The number of ether oxygens (including phenoxy) is 3. The molecule has 24 heavy (non-hydrogen) atoms. The summed E-state index contributed by atoms with van der Waals surface area (Å²) >= 11 is 0. The van der Waals surface area contributed by atoms with Crippen molar-refractivity contribution in [2.45, 2.75) is 0 Å². The number of anilines is 1. The van der Waals surface area contributed by atoms with Crippen molar-refractivity contribution in [3.63, 3.8) is 0 Å². The molecule has 1 aliphatic heterocycles. The van der Waals surface area contributed by atoms with Gasteiger partial charge in [0.15, 0.2) is 18.1 Å². The molecule has 1 amide bonds. The zero-order valence-electron chi connectivity index (χ0n) is 12.1. The van der Waals surface area contributed by atoms with Crippen LogP contribution in [0.2, 0.25) is 0 Å². The number of fused-ring (bicyclic) bond motifs is 1. The van der Waals surface area contributed by atoms with Crippen LogP contribution in [0.25, 0.3) is 0 Å². The van der Waals surface area contributed by atoms with Crippen molar-refractivity contribution >= 4 is 17.6 Å². The second kappa shape index (κ2) is 6.28. The molecule has 0 fully saturated rings. The monoisotopic (exact) mass is 333 g/mol. The average Bonchev–Trinajstić information content (AvgIpc) is 2.99. The van der Waals surface area contributed by atoms with Crippen LogP contribution in [-0.4, -0.2) is 35.2 Å². The molecule has 10 heteroatoms. The Morgan fingerprint density at radius 1 is 1.12 bits per heavy atom. The van der Waals surface area contributed by atoms with E-state index >= 15 is 0 Å². The highest BCUT2D eigenvalue weighted by molar-refractivity contribution is 5.95. The van der Waals surface area contributed by atoms with Crippen LogP contribution in [0.3, 0.4) is 0 Å². The largest absolute Gasteiger partial charge is 0.454 e. The van der Waals surface area contributed by atoms with E-state index < -0.39 is 29.7 Å². The fourth-order valence-electron chi connectivity index (χ4n) is 1.96. The number of nitrogens with one attached hydrogen (secondary N) is 3. The minimum atomic E-state index is -1.00. The van der Waals surface area contributed by atoms with Crippen LogP contribution in [-0.2, 0) is 9.53 Å². The first kappa shape index (κ1) is 15.3. The van der Waals surface area contributed by atoms with E-state index in [1.165, 1.54) is 0 Å². The minimum absolute atomic E-state index is 0.110. The SMILES string of the molecule is O=C(COC(=O)c1cc(=O)[nH]c(=O)[nH]1)Nc1ccc2c(c1)OCO2. The van der Waals surface area contributed by atoms with Crippen molar-refractivity contribution in [2.75, 3.05) is 18.7 Å². The molecular weight excluding hydrogens is 322 g/mol. The summed E-state index contributed by atoms with van der Waals surface area (Å²) in [6.07, 6.45) is 0. The van der Waals surface area contributed by atoms with Crippen LogP contribution >= 0.6 is 0 Å². The molecule has 0 atom stereocenters. The molecule has 0 saturated carbocycles. The van der Waals surface area contributed by atoms with Crippen LogP contribution in [0, 0.1) is 0 Å². The number of H-pyrrole nitrogens is 2. The molecule has 0 unspecified atom stereocenters. The summed E-state index contributed by atoms with van der Waals surface area (Å²) in [4.78, 5) is 49.7. The van der Waals surface area contributed by atoms with Gasteiger partial charge in [0, 0.05) is 17.8 Å². The third kappa shape index (κ3) is 3.43. The first-order chi connectivity index (χ1) is 11.5. The highest BCUT2D eigenvalue weighted by atomic mass is 16.7. The van der Waals surface area contributed by atoms with E-state index in [0.29, 0.717) is 17.2 Å². The first-order valence-electron chi connectivity index (χ1n) is 6.71. The smallest absolute Gasteiger partial charge is 0.355 e. The summed E-state index contributed by atoms with van der Waals surface area (Å²) < 4.78 is 15.1. The number of carbonyl (C=O) groups excluding carboxylic acids is 2. The van der Waals surface area contributed by atoms with Crippen LogP contribution in [0.1, 0.15) is 10.5 Å². The summed E-state index contributed by atoms with van der Waals surface area (Å²) in [5, 5.41) is 2.51. The molecule has 0 saturated heterocycles. The van der Waals surface area contributed by atoms with Gasteiger partial charge in [-0.25, -0.2) is 9.59 Å². The molecule has 2 aromatic rings. The molecule has 2 heterocycles. The van der Waals surface area contributed by atoms with Gasteiger partial charge in [0.2, 0.25) is 6.79 Å².